The van der Waals surface area contributed by atoms with Crippen LogP contribution in [-0.4, -0.2) is 28.3 Å². The van der Waals surface area contributed by atoms with Crippen molar-refractivity contribution < 1.29 is 0 Å². The maximum absolute atomic E-state index is 3.45. The van der Waals surface area contributed by atoms with E-state index in [4.69, 9.17) is 0 Å². The van der Waals surface area contributed by atoms with Crippen molar-refractivity contribution in [3.05, 3.63) is 0 Å². The second kappa shape index (κ2) is 5.23. The third-order valence-corrected chi connectivity index (χ3v) is 5.15. The van der Waals surface area contributed by atoms with E-state index in [2.05, 4.69) is 58.3 Å². The molecule has 0 fully saturated rings. The van der Waals surface area contributed by atoms with Crippen molar-refractivity contribution in [1.29, 1.82) is 0 Å². The van der Waals surface area contributed by atoms with Crippen LogP contribution >= 0.6 is 7.92 Å². The van der Waals surface area contributed by atoms with E-state index in [1.807, 2.05) is 0 Å². The summed E-state index contributed by atoms with van der Waals surface area (Å²) in [6.45, 7) is 16.0. The van der Waals surface area contributed by atoms with Crippen LogP contribution in [0.2, 0.25) is 19.6 Å². The van der Waals surface area contributed by atoms with Crippen LogP contribution < -0.4 is 0 Å². The van der Waals surface area contributed by atoms with Gasteiger partial charge in [0.15, 0.2) is 0 Å². The zero-order valence-corrected chi connectivity index (χ0v) is 11.3. The van der Waals surface area contributed by atoms with Gasteiger partial charge in [-0.1, -0.05) is 46.1 Å². The highest BCUT2D eigenvalue weighted by Crippen LogP contribution is 2.44. The molecule has 0 rings (SSSR count). The summed E-state index contributed by atoms with van der Waals surface area (Å²) in [6, 6.07) is 0. The van der Waals surface area contributed by atoms with Crippen molar-refractivity contribution in [1.82, 2.24) is 0 Å². The van der Waals surface area contributed by atoms with Gasteiger partial charge in [-0.3, -0.25) is 0 Å². The summed E-state index contributed by atoms with van der Waals surface area (Å²) >= 11 is 0. The Morgan fingerprint density at radius 3 is 1.69 bits per heavy atom. The van der Waals surface area contributed by atoms with Gasteiger partial charge in [-0.2, -0.15) is 0 Å². The predicted molar refractivity (Wildman–Crippen MR) is 73.7 cm³/mol. The smallest absolute Gasteiger partial charge is 0.127 e. The molecule has 0 aliphatic rings. The van der Waals surface area contributed by atoms with Crippen molar-refractivity contribution >= 4 is 24.4 Å². The Kier molecular flexibility index (Phi) is 6.32. The Balaban J connectivity index is 0. The molecule has 0 radical (unpaired) electrons. The van der Waals surface area contributed by atoms with Crippen LogP contribution in [0.5, 0.6) is 0 Å². The number of rotatable bonds is 0. The highest BCUT2D eigenvalue weighted by molar-refractivity contribution is 7.63. The summed E-state index contributed by atoms with van der Waals surface area (Å²) in [5.74, 6) is 0. The van der Waals surface area contributed by atoms with Gasteiger partial charge in [0.1, 0.15) is 8.07 Å². The Labute approximate surface area is 88.2 Å². The highest BCUT2D eigenvalue weighted by Gasteiger charge is 2.18. The van der Waals surface area contributed by atoms with E-state index in [1.54, 1.807) is 0 Å². The minimum absolute atomic E-state index is 0. The summed E-state index contributed by atoms with van der Waals surface area (Å²) in [5, 5.41) is 0.391. The molecule has 3 heteroatoms. The van der Waals surface area contributed by atoms with Crippen LogP contribution in [0.4, 0.5) is 0 Å². The Morgan fingerprint density at radius 2 is 1.46 bits per heavy atom. The first-order valence-corrected chi connectivity index (χ1v) is 9.68. The highest BCUT2D eigenvalue weighted by atomic mass is 31.1. The lowest BCUT2D eigenvalue weighted by Crippen LogP contribution is -2.17. The average molecular weight is 214 g/mol. The fraction of sp³-hybridized carbons (Fsp3) is 0.800. The van der Waals surface area contributed by atoms with E-state index in [9.17, 15) is 0 Å². The Hall–Kier alpha value is 0.272. The van der Waals surface area contributed by atoms with Gasteiger partial charge in [-0.05, 0) is 19.7 Å². The normalized spacial score (nSPS) is 13.8. The minimum atomic E-state index is -1.14. The molecule has 13 heavy (non-hydrogen) atoms. The fourth-order valence-electron chi connectivity index (χ4n) is 0.419. The molecule has 0 aromatic heterocycles. The molecule has 0 heterocycles. The molecule has 0 aromatic carbocycles. The van der Waals surface area contributed by atoms with Crippen LogP contribution in [0.15, 0.2) is 0 Å². The van der Waals surface area contributed by atoms with Crippen molar-refractivity contribution in [2.75, 3.05) is 6.66 Å². The van der Waals surface area contributed by atoms with Crippen LogP contribution in [-0.2, 0) is 0 Å². The molecule has 0 aliphatic carbocycles. The second-order valence-electron chi connectivity index (χ2n) is 5.22. The lowest BCUT2D eigenvalue weighted by molar-refractivity contribution is 0.791. The van der Waals surface area contributed by atoms with Gasteiger partial charge in [0.2, 0.25) is 0 Å². The zero-order chi connectivity index (χ0) is 9.99. The SMILES string of the molecule is B.C[P@](C#C[Si](C)(C)C)C(C)(C)C. The fourth-order valence-corrected chi connectivity index (χ4v) is 2.77. The second-order valence-corrected chi connectivity index (χ2v) is 12.6. The topological polar surface area (TPSA) is 0 Å². The first-order valence-electron chi connectivity index (χ1n) is 4.39. The molecule has 1 atom stereocenters. The lowest BCUT2D eigenvalue weighted by atomic mass is 10.3. The van der Waals surface area contributed by atoms with Gasteiger partial charge in [-0.25, -0.2) is 0 Å². The average Bonchev–Trinajstić information content (AvgIpc) is 1.78. The molecule has 0 bridgehead atoms. The van der Waals surface area contributed by atoms with Gasteiger partial charge < -0.3 is 0 Å². The molecule has 0 amide bonds. The standard InChI is InChI=1S/C10H21PSi.BH3/c1-10(2,3)11(4)8-9-12(5,6)7;/h1-7H3;1H3/t11-;/m1./s1. The Morgan fingerprint density at radius 1 is 1.08 bits per heavy atom. The van der Waals surface area contributed by atoms with E-state index >= 15 is 0 Å². The first-order chi connectivity index (χ1) is 5.13. The molecule has 0 saturated heterocycles. The molecule has 0 unspecified atom stereocenters. The summed E-state index contributed by atoms with van der Waals surface area (Å²) in [7, 11) is -1.26. The Bertz CT molecular complexity index is 202. The summed E-state index contributed by atoms with van der Waals surface area (Å²) in [4.78, 5) is 0. The summed E-state index contributed by atoms with van der Waals surface area (Å²) in [5.41, 5.74) is 6.88. The van der Waals surface area contributed by atoms with Gasteiger partial charge in [0.05, 0.1) is 8.41 Å². The monoisotopic (exact) mass is 214 g/mol. The largest absolute Gasteiger partial charge is 0.129 e. The van der Waals surface area contributed by atoms with E-state index in [-0.39, 0.29) is 16.3 Å². The minimum Gasteiger partial charge on any atom is -0.127 e. The molecule has 0 aromatic rings. The molecule has 76 valence electrons. The van der Waals surface area contributed by atoms with E-state index in [1.165, 1.54) is 0 Å². The summed E-state index contributed by atoms with van der Waals surface area (Å²) in [6.07, 6.45) is 0. The lowest BCUT2D eigenvalue weighted by Gasteiger charge is -2.22. The van der Waals surface area contributed by atoms with E-state index in [0.717, 1.165) is 0 Å². The van der Waals surface area contributed by atoms with E-state index < -0.39 is 8.07 Å². The molecule has 0 spiro atoms. The van der Waals surface area contributed by atoms with Gasteiger partial charge in [0, 0.05) is 0 Å². The van der Waals surface area contributed by atoms with Crippen LogP contribution in [0.3, 0.4) is 0 Å². The van der Waals surface area contributed by atoms with Crippen molar-refractivity contribution in [3.63, 3.8) is 0 Å². The van der Waals surface area contributed by atoms with Crippen molar-refractivity contribution in [2.24, 2.45) is 0 Å². The van der Waals surface area contributed by atoms with Gasteiger partial charge in [-0.15, -0.1) is 5.54 Å². The molecule has 0 N–H and O–H groups in total. The molecule has 0 nitrogen and oxygen atoms in total. The molecule has 0 aliphatic heterocycles. The molecular formula is C10H24BPSi. The molecular weight excluding hydrogens is 190 g/mol. The third kappa shape index (κ3) is 8.60. The predicted octanol–water partition coefficient (Wildman–Crippen LogP) is 2.55. The van der Waals surface area contributed by atoms with Gasteiger partial charge in [0.25, 0.3) is 0 Å². The summed E-state index contributed by atoms with van der Waals surface area (Å²) < 4.78 is 0. The van der Waals surface area contributed by atoms with Crippen LogP contribution in [0.1, 0.15) is 20.8 Å². The van der Waals surface area contributed by atoms with Crippen LogP contribution in [0.25, 0.3) is 0 Å². The van der Waals surface area contributed by atoms with Crippen LogP contribution in [0, 0.1) is 11.2 Å². The third-order valence-electron chi connectivity index (χ3n) is 1.60. The maximum atomic E-state index is 3.45. The van der Waals surface area contributed by atoms with E-state index in [0.29, 0.717) is 5.16 Å². The zero-order valence-electron chi connectivity index (χ0n) is 9.45. The van der Waals surface area contributed by atoms with Crippen molar-refractivity contribution in [2.45, 2.75) is 45.6 Å². The number of hydrogen-bond donors (Lipinski definition) is 0. The first kappa shape index (κ1) is 15.7. The van der Waals surface area contributed by atoms with Gasteiger partial charge >= 0.3 is 0 Å². The quantitative estimate of drug-likeness (QED) is 0.330. The molecule has 0 saturated carbocycles. The maximum Gasteiger partial charge on any atom is 0.129 e. The van der Waals surface area contributed by atoms with Crippen molar-refractivity contribution in [3.8, 4) is 11.2 Å². The number of hydrogen-bond acceptors (Lipinski definition) is 0.